The molecule has 0 aromatic carbocycles. The van der Waals surface area contributed by atoms with E-state index < -0.39 is 0 Å². The Labute approximate surface area is 119 Å². The second-order valence-electron chi connectivity index (χ2n) is 5.02. The summed E-state index contributed by atoms with van der Waals surface area (Å²) in [6, 6.07) is 4.69. The lowest BCUT2D eigenvalue weighted by Gasteiger charge is -2.33. The molecule has 0 bridgehead atoms. The molecule has 1 atom stereocenters. The van der Waals surface area contributed by atoms with Gasteiger partial charge in [0, 0.05) is 35.4 Å². The highest BCUT2D eigenvalue weighted by atomic mass is 32.1. The van der Waals surface area contributed by atoms with Gasteiger partial charge < -0.3 is 10.6 Å². The monoisotopic (exact) mass is 281 g/mol. The van der Waals surface area contributed by atoms with Crippen LogP contribution in [0, 0.1) is 0 Å². The zero-order valence-corrected chi connectivity index (χ0v) is 12.6. The Morgan fingerprint density at radius 3 is 3.00 bits per heavy atom. The van der Waals surface area contributed by atoms with Crippen LogP contribution in [-0.4, -0.2) is 43.0 Å². The predicted octanol–water partition coefficient (Wildman–Crippen LogP) is 1.22. The van der Waals surface area contributed by atoms with Gasteiger partial charge in [-0.05, 0) is 25.5 Å². The van der Waals surface area contributed by atoms with E-state index in [1.54, 1.807) is 11.3 Å². The van der Waals surface area contributed by atoms with Gasteiger partial charge in [0.25, 0.3) is 0 Å². The van der Waals surface area contributed by atoms with Crippen molar-refractivity contribution in [3.63, 3.8) is 0 Å². The third kappa shape index (κ3) is 4.30. The minimum absolute atomic E-state index is 0.125. The van der Waals surface area contributed by atoms with Gasteiger partial charge in [-0.3, -0.25) is 9.69 Å². The number of nitrogens with one attached hydrogen (secondary N) is 2. The van der Waals surface area contributed by atoms with Crippen LogP contribution >= 0.6 is 11.3 Å². The van der Waals surface area contributed by atoms with Crippen LogP contribution in [-0.2, 0) is 17.8 Å². The molecule has 1 aromatic rings. The standard InChI is InChI=1S/C14H23N3OS/c1-3-12-4-5-13(19-12)9-16-14(18)10-17-7-6-15-8-11(17)2/h4-5,11,15H,3,6-10H2,1-2H3,(H,16,18)/t11-/m0/s1. The molecule has 0 saturated carbocycles. The molecular formula is C14H23N3OS. The van der Waals surface area contributed by atoms with Crippen molar-refractivity contribution in [1.82, 2.24) is 15.5 Å². The number of amides is 1. The number of rotatable bonds is 5. The topological polar surface area (TPSA) is 44.4 Å². The first-order chi connectivity index (χ1) is 9.19. The van der Waals surface area contributed by atoms with Gasteiger partial charge in [0.05, 0.1) is 13.1 Å². The number of hydrogen-bond acceptors (Lipinski definition) is 4. The summed E-state index contributed by atoms with van der Waals surface area (Å²) in [6.45, 7) is 8.37. The largest absolute Gasteiger partial charge is 0.350 e. The quantitative estimate of drug-likeness (QED) is 0.853. The Balaban J connectivity index is 1.74. The molecule has 1 aromatic heterocycles. The second-order valence-corrected chi connectivity index (χ2v) is 6.27. The molecular weight excluding hydrogens is 258 g/mol. The summed E-state index contributed by atoms with van der Waals surface area (Å²) in [5.41, 5.74) is 0. The molecule has 2 rings (SSSR count). The molecule has 0 aliphatic carbocycles. The van der Waals surface area contributed by atoms with Gasteiger partial charge in [-0.15, -0.1) is 11.3 Å². The lowest BCUT2D eigenvalue weighted by molar-refractivity contribution is -0.123. The lowest BCUT2D eigenvalue weighted by atomic mass is 10.2. The van der Waals surface area contributed by atoms with E-state index in [4.69, 9.17) is 0 Å². The molecule has 4 nitrogen and oxygen atoms in total. The maximum atomic E-state index is 11.9. The number of carbonyl (C=O) groups excluding carboxylic acids is 1. The first-order valence-corrected chi connectivity index (χ1v) is 7.79. The smallest absolute Gasteiger partial charge is 0.234 e. The van der Waals surface area contributed by atoms with E-state index in [2.05, 4.69) is 41.5 Å². The van der Waals surface area contributed by atoms with Gasteiger partial charge in [-0.1, -0.05) is 6.92 Å². The summed E-state index contributed by atoms with van der Waals surface area (Å²) >= 11 is 1.78. The molecule has 1 saturated heterocycles. The SMILES string of the molecule is CCc1ccc(CNC(=O)CN2CCNC[C@@H]2C)s1. The van der Waals surface area contributed by atoms with Gasteiger partial charge in [0.1, 0.15) is 0 Å². The van der Waals surface area contributed by atoms with Crippen LogP contribution in [0.25, 0.3) is 0 Å². The summed E-state index contributed by atoms with van der Waals surface area (Å²) in [5.74, 6) is 0.125. The van der Waals surface area contributed by atoms with Crippen LogP contribution in [0.1, 0.15) is 23.6 Å². The molecule has 0 radical (unpaired) electrons. The predicted molar refractivity (Wildman–Crippen MR) is 79.4 cm³/mol. The van der Waals surface area contributed by atoms with Crippen molar-refractivity contribution in [1.29, 1.82) is 0 Å². The maximum Gasteiger partial charge on any atom is 0.234 e. The van der Waals surface area contributed by atoms with E-state index in [9.17, 15) is 4.79 Å². The number of nitrogens with zero attached hydrogens (tertiary/aromatic N) is 1. The molecule has 0 unspecified atom stereocenters. The summed E-state index contributed by atoms with van der Waals surface area (Å²) in [7, 11) is 0. The Bertz CT molecular complexity index is 419. The van der Waals surface area contributed by atoms with Crippen molar-refractivity contribution in [3.8, 4) is 0 Å². The van der Waals surface area contributed by atoms with Crippen molar-refractivity contribution >= 4 is 17.2 Å². The van der Waals surface area contributed by atoms with Gasteiger partial charge in [0.15, 0.2) is 0 Å². The van der Waals surface area contributed by atoms with Crippen molar-refractivity contribution in [2.24, 2.45) is 0 Å². The number of piperazine rings is 1. The van der Waals surface area contributed by atoms with Gasteiger partial charge in [0.2, 0.25) is 5.91 Å². The first-order valence-electron chi connectivity index (χ1n) is 6.98. The van der Waals surface area contributed by atoms with E-state index in [1.807, 2.05) is 0 Å². The Kier molecular flexibility index (Phi) is 5.36. The van der Waals surface area contributed by atoms with Crippen LogP contribution in [0.2, 0.25) is 0 Å². The highest BCUT2D eigenvalue weighted by molar-refractivity contribution is 7.11. The maximum absolute atomic E-state index is 11.9. The second kappa shape index (κ2) is 7.03. The highest BCUT2D eigenvalue weighted by Crippen LogP contribution is 2.16. The van der Waals surface area contributed by atoms with Gasteiger partial charge in [-0.2, -0.15) is 0 Å². The van der Waals surface area contributed by atoms with Crippen LogP contribution in [0.5, 0.6) is 0 Å². The van der Waals surface area contributed by atoms with Crippen molar-refractivity contribution in [2.75, 3.05) is 26.2 Å². The number of aryl methyl sites for hydroxylation is 1. The first kappa shape index (κ1) is 14.5. The van der Waals surface area contributed by atoms with Gasteiger partial charge >= 0.3 is 0 Å². The third-order valence-electron chi connectivity index (χ3n) is 3.51. The van der Waals surface area contributed by atoms with E-state index in [1.165, 1.54) is 9.75 Å². The zero-order chi connectivity index (χ0) is 13.7. The van der Waals surface area contributed by atoms with E-state index in [-0.39, 0.29) is 5.91 Å². The molecule has 1 fully saturated rings. The number of hydrogen-bond donors (Lipinski definition) is 2. The van der Waals surface area contributed by atoms with Crippen LogP contribution < -0.4 is 10.6 Å². The molecule has 2 N–H and O–H groups in total. The summed E-state index contributed by atoms with van der Waals surface area (Å²) < 4.78 is 0. The zero-order valence-electron chi connectivity index (χ0n) is 11.7. The number of carbonyl (C=O) groups is 1. The Morgan fingerprint density at radius 1 is 1.53 bits per heavy atom. The molecule has 106 valence electrons. The Hall–Kier alpha value is -0.910. The summed E-state index contributed by atoms with van der Waals surface area (Å²) in [6.07, 6.45) is 1.07. The highest BCUT2D eigenvalue weighted by Gasteiger charge is 2.19. The fourth-order valence-corrected chi connectivity index (χ4v) is 3.15. The normalized spacial score (nSPS) is 20.4. The van der Waals surface area contributed by atoms with Crippen LogP contribution in [0.3, 0.4) is 0 Å². The van der Waals surface area contributed by atoms with Gasteiger partial charge in [-0.25, -0.2) is 0 Å². The minimum Gasteiger partial charge on any atom is -0.350 e. The van der Waals surface area contributed by atoms with Crippen LogP contribution in [0.15, 0.2) is 12.1 Å². The molecule has 1 aliphatic rings. The summed E-state index contributed by atoms with van der Waals surface area (Å²) in [5, 5.41) is 6.35. The molecule has 19 heavy (non-hydrogen) atoms. The molecule has 1 aliphatic heterocycles. The molecule has 1 amide bonds. The molecule has 0 spiro atoms. The van der Waals surface area contributed by atoms with Crippen molar-refractivity contribution < 1.29 is 4.79 Å². The van der Waals surface area contributed by atoms with E-state index in [0.29, 0.717) is 19.1 Å². The Morgan fingerprint density at radius 2 is 2.32 bits per heavy atom. The van der Waals surface area contributed by atoms with E-state index >= 15 is 0 Å². The average molecular weight is 281 g/mol. The average Bonchev–Trinajstić information content (AvgIpc) is 2.87. The number of thiophene rings is 1. The fraction of sp³-hybridized carbons (Fsp3) is 0.643. The fourth-order valence-electron chi connectivity index (χ4n) is 2.25. The van der Waals surface area contributed by atoms with Crippen LogP contribution in [0.4, 0.5) is 0 Å². The molecule has 5 heteroatoms. The molecule has 2 heterocycles. The minimum atomic E-state index is 0.125. The summed E-state index contributed by atoms with van der Waals surface area (Å²) in [4.78, 5) is 16.8. The van der Waals surface area contributed by atoms with Crippen molar-refractivity contribution in [3.05, 3.63) is 21.9 Å². The lowest BCUT2D eigenvalue weighted by Crippen LogP contribution is -2.52. The third-order valence-corrected chi connectivity index (χ3v) is 4.74. The van der Waals surface area contributed by atoms with E-state index in [0.717, 1.165) is 26.1 Å². The van der Waals surface area contributed by atoms with Crippen molar-refractivity contribution in [2.45, 2.75) is 32.9 Å².